The van der Waals surface area contributed by atoms with Crippen LogP contribution in [-0.4, -0.2) is 12.7 Å². The van der Waals surface area contributed by atoms with Crippen molar-refractivity contribution in [3.8, 4) is 0 Å². The van der Waals surface area contributed by atoms with Gasteiger partial charge >= 0.3 is 0 Å². The van der Waals surface area contributed by atoms with Crippen molar-refractivity contribution >= 4 is 0 Å². The molecule has 90 valence electrons. The van der Waals surface area contributed by atoms with Gasteiger partial charge in [0.15, 0.2) is 0 Å². The van der Waals surface area contributed by atoms with E-state index in [1.54, 1.807) is 19.2 Å². The molecule has 1 unspecified atom stereocenters. The van der Waals surface area contributed by atoms with Gasteiger partial charge in [-0.05, 0) is 38.0 Å². The van der Waals surface area contributed by atoms with E-state index in [9.17, 15) is 4.39 Å². The van der Waals surface area contributed by atoms with Crippen LogP contribution in [0.5, 0.6) is 0 Å². The summed E-state index contributed by atoms with van der Waals surface area (Å²) in [5, 5.41) is 0. The largest absolute Gasteiger partial charge is 0.379 e. The first kappa shape index (κ1) is 13.1. The number of hydrazine groups is 1. The Bertz CT molecular complexity index is 324. The zero-order valence-electron chi connectivity index (χ0n) is 9.96. The van der Waals surface area contributed by atoms with Crippen LogP contribution in [0.3, 0.4) is 0 Å². The lowest BCUT2D eigenvalue weighted by Crippen LogP contribution is -2.35. The van der Waals surface area contributed by atoms with Gasteiger partial charge in [-0.25, -0.2) is 4.39 Å². The maximum atomic E-state index is 12.8. The first-order valence-electron chi connectivity index (χ1n) is 5.25. The zero-order chi connectivity index (χ0) is 12.2. The minimum Gasteiger partial charge on any atom is -0.379 e. The van der Waals surface area contributed by atoms with Crippen LogP contribution in [0.25, 0.3) is 0 Å². The monoisotopic (exact) mass is 226 g/mol. The molecule has 3 N–H and O–H groups in total. The molecule has 0 aliphatic heterocycles. The number of hydrogen-bond donors (Lipinski definition) is 2. The number of hydrogen-bond acceptors (Lipinski definition) is 3. The second-order valence-electron chi connectivity index (χ2n) is 4.44. The second-order valence-corrected chi connectivity index (χ2v) is 4.44. The Kier molecular flexibility index (Phi) is 4.41. The molecule has 0 aliphatic carbocycles. The van der Waals surface area contributed by atoms with Gasteiger partial charge in [0.25, 0.3) is 0 Å². The van der Waals surface area contributed by atoms with Crippen LogP contribution >= 0.6 is 0 Å². The minimum atomic E-state index is -0.272. The summed E-state index contributed by atoms with van der Waals surface area (Å²) in [5.41, 5.74) is 3.41. The predicted molar refractivity (Wildman–Crippen MR) is 62.2 cm³/mol. The van der Waals surface area contributed by atoms with E-state index >= 15 is 0 Å². The molecule has 0 aliphatic rings. The first-order chi connectivity index (χ1) is 7.48. The summed E-state index contributed by atoms with van der Waals surface area (Å²) in [6, 6.07) is 6.27. The Morgan fingerprint density at radius 2 is 1.94 bits per heavy atom. The molecule has 0 heterocycles. The lowest BCUT2D eigenvalue weighted by Gasteiger charge is -2.28. The molecule has 0 radical (unpaired) electrons. The summed E-state index contributed by atoms with van der Waals surface area (Å²) in [6.45, 7) is 3.97. The molecule has 0 saturated carbocycles. The van der Waals surface area contributed by atoms with E-state index in [4.69, 9.17) is 10.6 Å². The minimum absolute atomic E-state index is 0.0458. The van der Waals surface area contributed by atoms with Crippen molar-refractivity contribution in [2.45, 2.75) is 31.9 Å². The maximum Gasteiger partial charge on any atom is 0.123 e. The van der Waals surface area contributed by atoms with Gasteiger partial charge in [0.05, 0.1) is 5.60 Å². The van der Waals surface area contributed by atoms with Crippen molar-refractivity contribution in [1.29, 1.82) is 0 Å². The number of ether oxygens (including phenoxy) is 1. The van der Waals surface area contributed by atoms with Crippen LogP contribution in [0, 0.1) is 5.82 Å². The summed E-state index contributed by atoms with van der Waals surface area (Å²) in [6.07, 6.45) is 0.714. The summed E-state index contributed by atoms with van der Waals surface area (Å²) in [5.74, 6) is 5.26. The van der Waals surface area contributed by atoms with Crippen LogP contribution in [0.4, 0.5) is 4.39 Å². The Morgan fingerprint density at radius 3 is 2.38 bits per heavy atom. The fourth-order valence-electron chi connectivity index (χ4n) is 1.54. The van der Waals surface area contributed by atoms with Gasteiger partial charge in [0, 0.05) is 13.2 Å². The standard InChI is InChI=1S/C12H19FN2O/c1-12(2,16-3)8-11(15-14)9-4-6-10(13)7-5-9/h4-7,11,15H,8,14H2,1-3H3. The Morgan fingerprint density at radius 1 is 1.38 bits per heavy atom. The maximum absolute atomic E-state index is 12.8. The second kappa shape index (κ2) is 5.39. The van der Waals surface area contributed by atoms with Gasteiger partial charge < -0.3 is 4.74 Å². The molecule has 0 amide bonds. The molecule has 0 bridgehead atoms. The van der Waals surface area contributed by atoms with E-state index in [-0.39, 0.29) is 17.5 Å². The van der Waals surface area contributed by atoms with E-state index in [2.05, 4.69) is 5.43 Å². The fraction of sp³-hybridized carbons (Fsp3) is 0.500. The van der Waals surface area contributed by atoms with Crippen LogP contribution in [-0.2, 0) is 4.74 Å². The van der Waals surface area contributed by atoms with Crippen molar-refractivity contribution in [2.24, 2.45) is 5.84 Å². The van der Waals surface area contributed by atoms with Crippen molar-refractivity contribution in [3.05, 3.63) is 35.6 Å². The smallest absolute Gasteiger partial charge is 0.123 e. The number of halogens is 1. The van der Waals surface area contributed by atoms with E-state index in [0.29, 0.717) is 6.42 Å². The zero-order valence-corrected chi connectivity index (χ0v) is 9.96. The third kappa shape index (κ3) is 3.56. The topological polar surface area (TPSA) is 47.3 Å². The SMILES string of the molecule is COC(C)(C)CC(NN)c1ccc(F)cc1. The molecule has 16 heavy (non-hydrogen) atoms. The highest BCUT2D eigenvalue weighted by Crippen LogP contribution is 2.25. The number of nitrogens with one attached hydrogen (secondary N) is 1. The van der Waals surface area contributed by atoms with Gasteiger partial charge in [-0.1, -0.05) is 12.1 Å². The molecule has 1 rings (SSSR count). The van der Waals surface area contributed by atoms with Crippen LogP contribution in [0.1, 0.15) is 31.9 Å². The number of benzene rings is 1. The Labute approximate surface area is 95.8 Å². The molecule has 0 fully saturated rings. The van der Waals surface area contributed by atoms with E-state index in [1.807, 2.05) is 13.8 Å². The van der Waals surface area contributed by atoms with Crippen molar-refractivity contribution in [1.82, 2.24) is 5.43 Å². The van der Waals surface area contributed by atoms with Gasteiger partial charge in [-0.3, -0.25) is 11.3 Å². The summed E-state index contributed by atoms with van der Waals surface area (Å²) >= 11 is 0. The van der Waals surface area contributed by atoms with Gasteiger partial charge in [-0.2, -0.15) is 0 Å². The summed E-state index contributed by atoms with van der Waals surface area (Å²) in [7, 11) is 1.66. The van der Waals surface area contributed by atoms with E-state index < -0.39 is 0 Å². The highest BCUT2D eigenvalue weighted by atomic mass is 19.1. The molecule has 1 aromatic rings. The van der Waals surface area contributed by atoms with Crippen molar-refractivity contribution < 1.29 is 9.13 Å². The first-order valence-corrected chi connectivity index (χ1v) is 5.25. The van der Waals surface area contributed by atoms with Crippen LogP contribution < -0.4 is 11.3 Å². The van der Waals surface area contributed by atoms with Crippen LogP contribution in [0.15, 0.2) is 24.3 Å². The fourth-order valence-corrected chi connectivity index (χ4v) is 1.54. The summed E-state index contributed by atoms with van der Waals surface area (Å²) < 4.78 is 18.1. The van der Waals surface area contributed by atoms with E-state index in [1.165, 1.54) is 12.1 Å². The third-order valence-electron chi connectivity index (χ3n) is 2.72. The molecule has 3 nitrogen and oxygen atoms in total. The normalized spacial score (nSPS) is 13.8. The van der Waals surface area contributed by atoms with Gasteiger partial charge in [0.1, 0.15) is 5.82 Å². The molecule has 1 atom stereocenters. The number of rotatable bonds is 5. The van der Waals surface area contributed by atoms with Crippen molar-refractivity contribution in [2.75, 3.05) is 7.11 Å². The van der Waals surface area contributed by atoms with Gasteiger partial charge in [-0.15, -0.1) is 0 Å². The lowest BCUT2D eigenvalue weighted by atomic mass is 9.94. The molecule has 1 aromatic carbocycles. The average Bonchev–Trinajstić information content (AvgIpc) is 2.27. The molecular weight excluding hydrogens is 207 g/mol. The molecule has 0 saturated heterocycles. The Hall–Kier alpha value is -0.970. The number of nitrogens with two attached hydrogens (primary N) is 1. The quantitative estimate of drug-likeness (QED) is 0.597. The van der Waals surface area contributed by atoms with E-state index in [0.717, 1.165) is 5.56 Å². The molecule has 0 spiro atoms. The van der Waals surface area contributed by atoms with Crippen molar-refractivity contribution in [3.63, 3.8) is 0 Å². The third-order valence-corrected chi connectivity index (χ3v) is 2.72. The predicted octanol–water partition coefficient (Wildman–Crippen LogP) is 2.15. The highest BCUT2D eigenvalue weighted by Gasteiger charge is 2.23. The molecular formula is C12H19FN2O. The number of methoxy groups -OCH3 is 1. The molecule has 0 aromatic heterocycles. The summed E-state index contributed by atoms with van der Waals surface area (Å²) in [4.78, 5) is 0. The van der Waals surface area contributed by atoms with Crippen LogP contribution in [0.2, 0.25) is 0 Å². The lowest BCUT2D eigenvalue weighted by molar-refractivity contribution is 0.00681. The highest BCUT2D eigenvalue weighted by molar-refractivity contribution is 5.20. The molecule has 4 heteroatoms. The average molecular weight is 226 g/mol. The van der Waals surface area contributed by atoms with Gasteiger partial charge in [0.2, 0.25) is 0 Å². The Balaban J connectivity index is 2.78.